The molecule has 0 aliphatic heterocycles. The molecule has 0 spiro atoms. The van der Waals surface area contributed by atoms with Gasteiger partial charge in [-0.15, -0.1) is 0 Å². The van der Waals surface area contributed by atoms with E-state index in [2.05, 4.69) is 9.55 Å². The summed E-state index contributed by atoms with van der Waals surface area (Å²) in [6, 6.07) is 22.4. The molecular formula is C25H22F2N2O. The molecule has 5 heteroatoms. The molecule has 0 saturated heterocycles. The van der Waals surface area contributed by atoms with E-state index in [0.29, 0.717) is 13.0 Å². The van der Waals surface area contributed by atoms with E-state index >= 15 is 0 Å². The molecule has 3 aromatic carbocycles. The number of hydrogen-bond donors (Lipinski definition) is 0. The first-order valence-electron chi connectivity index (χ1n) is 9.80. The second kappa shape index (κ2) is 9.01. The van der Waals surface area contributed by atoms with E-state index in [9.17, 15) is 8.78 Å². The Bertz CT molecular complexity index is 1040. The molecule has 0 N–H and O–H groups in total. The van der Waals surface area contributed by atoms with Gasteiger partial charge in [0, 0.05) is 30.9 Å². The summed E-state index contributed by atoms with van der Waals surface area (Å²) in [5.41, 5.74) is 3.74. The van der Waals surface area contributed by atoms with Gasteiger partial charge in [0.2, 0.25) is 0 Å². The van der Waals surface area contributed by atoms with Crippen molar-refractivity contribution in [3.63, 3.8) is 0 Å². The van der Waals surface area contributed by atoms with Crippen molar-refractivity contribution in [3.8, 4) is 11.4 Å². The molecule has 0 atom stereocenters. The lowest BCUT2D eigenvalue weighted by Crippen LogP contribution is -2.10. The van der Waals surface area contributed by atoms with Gasteiger partial charge in [-0.1, -0.05) is 54.6 Å². The van der Waals surface area contributed by atoms with Gasteiger partial charge in [-0.05, 0) is 35.4 Å². The summed E-state index contributed by atoms with van der Waals surface area (Å²) in [7, 11) is 1.99. The van der Waals surface area contributed by atoms with Crippen LogP contribution in [0, 0.1) is 11.6 Å². The fraction of sp³-hybridized carbons (Fsp3) is 0.160. The molecule has 1 aromatic heterocycles. The Labute approximate surface area is 174 Å². The second-order valence-corrected chi connectivity index (χ2v) is 7.10. The third-order valence-corrected chi connectivity index (χ3v) is 5.10. The minimum absolute atomic E-state index is 0.306. The van der Waals surface area contributed by atoms with Gasteiger partial charge < -0.3 is 9.30 Å². The number of ether oxygens (including phenoxy) is 1. The SMILES string of the molecule is Cn1c(CCOC(c2ccc(F)cc2)c2ccc(F)cc2)cnc1-c1ccccc1. The van der Waals surface area contributed by atoms with Crippen molar-refractivity contribution in [1.82, 2.24) is 9.55 Å². The lowest BCUT2D eigenvalue weighted by molar-refractivity contribution is 0.0817. The van der Waals surface area contributed by atoms with Crippen molar-refractivity contribution in [2.75, 3.05) is 6.61 Å². The first-order valence-corrected chi connectivity index (χ1v) is 9.80. The van der Waals surface area contributed by atoms with Crippen LogP contribution in [0.25, 0.3) is 11.4 Å². The summed E-state index contributed by atoms with van der Waals surface area (Å²) in [4.78, 5) is 4.54. The van der Waals surface area contributed by atoms with Gasteiger partial charge in [-0.25, -0.2) is 13.8 Å². The van der Waals surface area contributed by atoms with Crippen LogP contribution in [0.4, 0.5) is 8.78 Å². The van der Waals surface area contributed by atoms with E-state index in [0.717, 1.165) is 28.2 Å². The maximum atomic E-state index is 13.4. The lowest BCUT2D eigenvalue weighted by atomic mass is 10.0. The summed E-state index contributed by atoms with van der Waals surface area (Å²) in [6.07, 6.45) is 2.11. The van der Waals surface area contributed by atoms with Gasteiger partial charge in [0.05, 0.1) is 6.61 Å². The first-order chi connectivity index (χ1) is 14.6. The van der Waals surface area contributed by atoms with Crippen molar-refractivity contribution in [1.29, 1.82) is 0 Å². The highest BCUT2D eigenvalue weighted by molar-refractivity contribution is 5.55. The minimum Gasteiger partial charge on any atom is -0.368 e. The maximum Gasteiger partial charge on any atom is 0.139 e. The number of imidazole rings is 1. The van der Waals surface area contributed by atoms with Crippen LogP contribution in [-0.2, 0) is 18.2 Å². The second-order valence-electron chi connectivity index (χ2n) is 7.10. The maximum absolute atomic E-state index is 13.4. The van der Waals surface area contributed by atoms with E-state index in [1.807, 2.05) is 43.6 Å². The van der Waals surface area contributed by atoms with Crippen LogP contribution in [0.2, 0.25) is 0 Å². The summed E-state index contributed by atoms with van der Waals surface area (Å²) >= 11 is 0. The Hall–Kier alpha value is -3.31. The van der Waals surface area contributed by atoms with Crippen molar-refractivity contribution in [3.05, 3.63) is 114 Å². The van der Waals surface area contributed by atoms with Crippen molar-refractivity contribution < 1.29 is 13.5 Å². The summed E-state index contributed by atoms with van der Waals surface area (Å²) < 4.78 is 35.0. The van der Waals surface area contributed by atoms with Crippen LogP contribution in [0.5, 0.6) is 0 Å². The smallest absolute Gasteiger partial charge is 0.139 e. The van der Waals surface area contributed by atoms with Crippen molar-refractivity contribution in [2.24, 2.45) is 7.05 Å². The molecule has 4 aromatic rings. The van der Waals surface area contributed by atoms with E-state index in [-0.39, 0.29) is 11.6 Å². The zero-order valence-electron chi connectivity index (χ0n) is 16.6. The summed E-state index contributed by atoms with van der Waals surface area (Å²) in [5, 5.41) is 0. The van der Waals surface area contributed by atoms with Crippen LogP contribution in [0.1, 0.15) is 22.9 Å². The number of nitrogens with zero attached hydrogens (tertiary/aromatic N) is 2. The molecule has 0 fully saturated rings. The number of rotatable bonds is 7. The topological polar surface area (TPSA) is 27.1 Å². The minimum atomic E-state index is -0.409. The predicted molar refractivity (Wildman–Crippen MR) is 113 cm³/mol. The first kappa shape index (κ1) is 20.0. The molecule has 0 unspecified atom stereocenters. The molecule has 0 saturated carbocycles. The van der Waals surface area contributed by atoms with Crippen molar-refractivity contribution in [2.45, 2.75) is 12.5 Å². The summed E-state index contributed by atoms with van der Waals surface area (Å²) in [5.74, 6) is 0.291. The molecule has 0 aliphatic carbocycles. The number of hydrogen-bond acceptors (Lipinski definition) is 2. The Kier molecular flexibility index (Phi) is 6.00. The molecule has 0 amide bonds. The molecule has 30 heavy (non-hydrogen) atoms. The highest BCUT2D eigenvalue weighted by Gasteiger charge is 2.16. The van der Waals surface area contributed by atoms with Crippen LogP contribution < -0.4 is 0 Å². The lowest BCUT2D eigenvalue weighted by Gasteiger charge is -2.19. The Balaban J connectivity index is 1.50. The zero-order chi connectivity index (χ0) is 20.9. The highest BCUT2D eigenvalue weighted by atomic mass is 19.1. The largest absolute Gasteiger partial charge is 0.368 e. The standard InChI is InChI=1S/C25H22F2N2O/c1-29-23(17-28-25(29)20-5-3-2-4-6-20)15-16-30-24(18-7-11-21(26)12-8-18)19-9-13-22(27)14-10-19/h2-14,17,24H,15-16H2,1H3. The fourth-order valence-electron chi connectivity index (χ4n) is 3.47. The van der Waals surface area contributed by atoms with Crippen LogP contribution in [-0.4, -0.2) is 16.2 Å². The van der Waals surface area contributed by atoms with Crippen LogP contribution in [0.15, 0.2) is 85.1 Å². The molecule has 1 heterocycles. The fourth-order valence-corrected chi connectivity index (χ4v) is 3.47. The van der Waals surface area contributed by atoms with Gasteiger partial charge in [0.1, 0.15) is 23.6 Å². The van der Waals surface area contributed by atoms with E-state index in [1.54, 1.807) is 24.3 Å². The van der Waals surface area contributed by atoms with Gasteiger partial charge in [-0.2, -0.15) is 0 Å². The van der Waals surface area contributed by atoms with Gasteiger partial charge >= 0.3 is 0 Å². The average Bonchev–Trinajstić information content (AvgIpc) is 3.14. The van der Waals surface area contributed by atoms with E-state index in [4.69, 9.17) is 4.74 Å². The molecular weight excluding hydrogens is 382 g/mol. The van der Waals surface area contributed by atoms with Crippen LogP contribution in [0.3, 0.4) is 0 Å². The normalized spacial score (nSPS) is 11.2. The molecule has 0 bridgehead atoms. The van der Waals surface area contributed by atoms with Crippen molar-refractivity contribution >= 4 is 0 Å². The number of halogens is 2. The average molecular weight is 404 g/mol. The molecule has 0 radical (unpaired) electrons. The zero-order valence-corrected chi connectivity index (χ0v) is 16.6. The van der Waals surface area contributed by atoms with Gasteiger partial charge in [-0.3, -0.25) is 0 Å². The third-order valence-electron chi connectivity index (χ3n) is 5.10. The number of aromatic nitrogens is 2. The molecule has 152 valence electrons. The number of benzene rings is 3. The summed E-state index contributed by atoms with van der Waals surface area (Å²) in [6.45, 7) is 0.438. The highest BCUT2D eigenvalue weighted by Crippen LogP contribution is 2.27. The Morgan fingerprint density at radius 3 is 1.97 bits per heavy atom. The van der Waals surface area contributed by atoms with E-state index < -0.39 is 6.10 Å². The van der Waals surface area contributed by atoms with E-state index in [1.165, 1.54) is 24.3 Å². The van der Waals surface area contributed by atoms with Gasteiger partial charge in [0.15, 0.2) is 0 Å². The Morgan fingerprint density at radius 2 is 1.40 bits per heavy atom. The third kappa shape index (κ3) is 4.47. The monoisotopic (exact) mass is 404 g/mol. The van der Waals surface area contributed by atoms with Gasteiger partial charge in [0.25, 0.3) is 0 Å². The molecule has 4 rings (SSSR count). The predicted octanol–water partition coefficient (Wildman–Crippen LogP) is 5.71. The van der Waals surface area contributed by atoms with Crippen LogP contribution >= 0.6 is 0 Å². The molecule has 3 nitrogen and oxygen atoms in total. The molecule has 0 aliphatic rings. The Morgan fingerprint density at radius 1 is 0.833 bits per heavy atom. The quantitative estimate of drug-likeness (QED) is 0.394.